The van der Waals surface area contributed by atoms with Crippen LogP contribution >= 0.6 is 11.3 Å². The second-order valence-electron chi connectivity index (χ2n) is 6.21. The first-order valence-electron chi connectivity index (χ1n) is 8.43. The van der Waals surface area contributed by atoms with E-state index in [2.05, 4.69) is 15.0 Å². The monoisotopic (exact) mass is 397 g/mol. The molecular weight excluding hydrogens is 377 g/mol. The molecule has 140 valence electrons. The molecule has 0 fully saturated rings. The standard InChI is InChI=1S/C17H20FN3O3S2/c1-11(21-26(23,24)15-10-6-5-7-12(15)18)16(22)20-17-19-13-8-3-2-4-9-14(13)25-17/h5-7,10-11,21H,2-4,8-9H2,1H3,(H,19,20,22)/t11-/m0/s1. The zero-order valence-electron chi connectivity index (χ0n) is 14.3. The van der Waals surface area contributed by atoms with Gasteiger partial charge in [-0.2, -0.15) is 4.72 Å². The normalized spacial score (nSPS) is 15.8. The number of thiazole rings is 1. The molecular formula is C17H20FN3O3S2. The van der Waals surface area contributed by atoms with Gasteiger partial charge >= 0.3 is 0 Å². The molecule has 1 aliphatic rings. The van der Waals surface area contributed by atoms with Crippen molar-refractivity contribution in [2.45, 2.75) is 50.0 Å². The molecule has 6 nitrogen and oxygen atoms in total. The summed E-state index contributed by atoms with van der Waals surface area (Å²) in [7, 11) is -4.14. The maximum atomic E-state index is 13.7. The van der Waals surface area contributed by atoms with E-state index in [1.54, 1.807) is 0 Å². The molecule has 0 unspecified atom stereocenters. The lowest BCUT2D eigenvalue weighted by molar-refractivity contribution is -0.117. The van der Waals surface area contributed by atoms with Crippen LogP contribution in [0.1, 0.15) is 36.8 Å². The number of rotatable bonds is 5. The van der Waals surface area contributed by atoms with Gasteiger partial charge in [0, 0.05) is 4.88 Å². The summed E-state index contributed by atoms with van der Waals surface area (Å²) >= 11 is 1.43. The maximum absolute atomic E-state index is 13.7. The number of halogens is 1. The van der Waals surface area contributed by atoms with E-state index in [-0.39, 0.29) is 0 Å². The number of hydrogen-bond donors (Lipinski definition) is 2. The molecule has 1 amide bonds. The van der Waals surface area contributed by atoms with E-state index < -0.39 is 32.7 Å². The van der Waals surface area contributed by atoms with Crippen LogP contribution in [-0.2, 0) is 27.7 Å². The van der Waals surface area contributed by atoms with Crippen molar-refractivity contribution in [3.05, 3.63) is 40.7 Å². The van der Waals surface area contributed by atoms with Crippen LogP contribution in [-0.4, -0.2) is 25.4 Å². The van der Waals surface area contributed by atoms with E-state index in [0.717, 1.165) is 43.5 Å². The minimum absolute atomic E-state index is 0.471. The van der Waals surface area contributed by atoms with E-state index in [1.165, 1.54) is 41.7 Å². The average molecular weight is 397 g/mol. The Morgan fingerprint density at radius 1 is 1.23 bits per heavy atom. The van der Waals surface area contributed by atoms with Crippen molar-refractivity contribution in [3.63, 3.8) is 0 Å². The molecule has 1 heterocycles. The molecule has 0 bridgehead atoms. The van der Waals surface area contributed by atoms with Gasteiger partial charge in [0.1, 0.15) is 10.7 Å². The molecule has 1 aromatic heterocycles. The van der Waals surface area contributed by atoms with Gasteiger partial charge in [-0.1, -0.05) is 18.6 Å². The number of carbonyl (C=O) groups excluding carboxylic acids is 1. The molecule has 0 saturated heterocycles. The predicted octanol–water partition coefficient (Wildman–Crippen LogP) is 2.86. The first-order chi connectivity index (χ1) is 12.4. The molecule has 0 saturated carbocycles. The number of benzene rings is 1. The van der Waals surface area contributed by atoms with Gasteiger partial charge in [-0.25, -0.2) is 17.8 Å². The highest BCUT2D eigenvalue weighted by Crippen LogP contribution is 2.29. The molecule has 2 N–H and O–H groups in total. The quantitative estimate of drug-likeness (QED) is 0.760. The highest BCUT2D eigenvalue weighted by molar-refractivity contribution is 7.89. The number of aromatic nitrogens is 1. The fourth-order valence-corrected chi connectivity index (χ4v) is 5.14. The number of hydrogen-bond acceptors (Lipinski definition) is 5. The molecule has 0 radical (unpaired) electrons. The minimum Gasteiger partial charge on any atom is -0.301 e. The number of nitrogens with one attached hydrogen (secondary N) is 2. The summed E-state index contributed by atoms with van der Waals surface area (Å²) in [4.78, 5) is 17.5. The van der Waals surface area contributed by atoms with Gasteiger partial charge in [0.05, 0.1) is 11.7 Å². The summed E-state index contributed by atoms with van der Waals surface area (Å²) in [5.74, 6) is -1.40. The summed E-state index contributed by atoms with van der Waals surface area (Å²) in [6.45, 7) is 1.41. The summed E-state index contributed by atoms with van der Waals surface area (Å²) < 4.78 is 40.5. The Labute approximate surface area is 155 Å². The van der Waals surface area contributed by atoms with E-state index in [1.807, 2.05) is 0 Å². The van der Waals surface area contributed by atoms with Gasteiger partial charge in [-0.3, -0.25) is 4.79 Å². The van der Waals surface area contributed by atoms with Crippen LogP contribution in [0.3, 0.4) is 0 Å². The summed E-state index contributed by atoms with van der Waals surface area (Å²) in [5.41, 5.74) is 1.02. The fraction of sp³-hybridized carbons (Fsp3) is 0.412. The fourth-order valence-electron chi connectivity index (χ4n) is 2.81. The number of carbonyl (C=O) groups is 1. The van der Waals surface area contributed by atoms with Crippen LogP contribution < -0.4 is 10.0 Å². The van der Waals surface area contributed by atoms with Crippen molar-refractivity contribution < 1.29 is 17.6 Å². The van der Waals surface area contributed by atoms with Crippen LogP contribution in [0, 0.1) is 5.82 Å². The molecule has 1 aliphatic carbocycles. The molecule has 1 aromatic carbocycles. The Balaban J connectivity index is 1.67. The van der Waals surface area contributed by atoms with E-state index in [0.29, 0.717) is 5.13 Å². The second kappa shape index (κ2) is 7.81. The summed E-state index contributed by atoms with van der Waals surface area (Å²) in [6, 6.07) is 3.97. The largest absolute Gasteiger partial charge is 0.301 e. The van der Waals surface area contributed by atoms with Crippen molar-refractivity contribution >= 4 is 32.4 Å². The zero-order chi connectivity index (χ0) is 18.7. The molecule has 2 aromatic rings. The van der Waals surface area contributed by atoms with Gasteiger partial charge in [-0.05, 0) is 44.7 Å². The third-order valence-corrected chi connectivity index (χ3v) is 6.82. The van der Waals surface area contributed by atoms with Crippen molar-refractivity contribution in [2.75, 3.05) is 5.32 Å². The highest BCUT2D eigenvalue weighted by Gasteiger charge is 2.25. The first kappa shape index (κ1) is 18.9. The molecule has 9 heteroatoms. The van der Waals surface area contributed by atoms with Gasteiger partial charge in [0.15, 0.2) is 5.13 Å². The number of sulfonamides is 1. The van der Waals surface area contributed by atoms with Crippen molar-refractivity contribution in [3.8, 4) is 0 Å². The topological polar surface area (TPSA) is 88.2 Å². The van der Waals surface area contributed by atoms with E-state index in [9.17, 15) is 17.6 Å². The molecule has 26 heavy (non-hydrogen) atoms. The average Bonchev–Trinajstić information content (AvgIpc) is 2.83. The van der Waals surface area contributed by atoms with Crippen molar-refractivity contribution in [1.82, 2.24) is 9.71 Å². The number of aryl methyl sites for hydroxylation is 2. The second-order valence-corrected chi connectivity index (χ2v) is 8.98. The van der Waals surface area contributed by atoms with Crippen molar-refractivity contribution in [2.24, 2.45) is 0 Å². The SMILES string of the molecule is C[C@H](NS(=O)(=O)c1ccccc1F)C(=O)Nc1nc2c(s1)CCCCC2. The Hall–Kier alpha value is -1.84. The lowest BCUT2D eigenvalue weighted by Gasteiger charge is -2.13. The molecule has 1 atom stereocenters. The number of anilines is 1. The Kier molecular flexibility index (Phi) is 5.69. The van der Waals surface area contributed by atoms with Crippen LogP contribution in [0.4, 0.5) is 9.52 Å². The van der Waals surface area contributed by atoms with Crippen LogP contribution in [0.25, 0.3) is 0 Å². The summed E-state index contributed by atoms with van der Waals surface area (Å²) in [5, 5.41) is 3.13. The molecule has 0 aliphatic heterocycles. The molecule has 3 rings (SSSR count). The Morgan fingerprint density at radius 2 is 1.96 bits per heavy atom. The third kappa shape index (κ3) is 4.28. The Bertz CT molecular complexity index is 888. The van der Waals surface area contributed by atoms with Crippen LogP contribution in [0.15, 0.2) is 29.2 Å². The summed E-state index contributed by atoms with van der Waals surface area (Å²) in [6.07, 6.45) is 5.24. The number of fused-ring (bicyclic) bond motifs is 1. The predicted molar refractivity (Wildman–Crippen MR) is 98.2 cm³/mol. The maximum Gasteiger partial charge on any atom is 0.244 e. The number of amides is 1. The number of nitrogens with zero attached hydrogens (tertiary/aromatic N) is 1. The third-order valence-electron chi connectivity index (χ3n) is 4.18. The highest BCUT2D eigenvalue weighted by atomic mass is 32.2. The lowest BCUT2D eigenvalue weighted by Crippen LogP contribution is -2.41. The van der Waals surface area contributed by atoms with Gasteiger partial charge in [0.2, 0.25) is 15.9 Å². The van der Waals surface area contributed by atoms with E-state index in [4.69, 9.17) is 0 Å². The van der Waals surface area contributed by atoms with Crippen LogP contribution in [0.2, 0.25) is 0 Å². The van der Waals surface area contributed by atoms with Gasteiger partial charge in [0.25, 0.3) is 0 Å². The van der Waals surface area contributed by atoms with Gasteiger partial charge in [-0.15, -0.1) is 11.3 Å². The van der Waals surface area contributed by atoms with Crippen LogP contribution in [0.5, 0.6) is 0 Å². The first-order valence-corrected chi connectivity index (χ1v) is 10.7. The molecule has 0 spiro atoms. The lowest BCUT2D eigenvalue weighted by atomic mass is 10.2. The van der Waals surface area contributed by atoms with E-state index >= 15 is 0 Å². The minimum atomic E-state index is -4.14. The Morgan fingerprint density at radius 3 is 2.73 bits per heavy atom. The smallest absolute Gasteiger partial charge is 0.244 e. The zero-order valence-corrected chi connectivity index (χ0v) is 15.9. The van der Waals surface area contributed by atoms with Crippen molar-refractivity contribution in [1.29, 1.82) is 0 Å². The van der Waals surface area contributed by atoms with Gasteiger partial charge < -0.3 is 5.32 Å².